The molecule has 9 heteroatoms. The summed E-state index contributed by atoms with van der Waals surface area (Å²) in [7, 11) is 0. The van der Waals surface area contributed by atoms with Crippen molar-refractivity contribution >= 4 is 17.4 Å². The fourth-order valence-corrected chi connectivity index (χ4v) is 5.49. The minimum atomic E-state index is 0.161. The Morgan fingerprint density at radius 3 is 2.62 bits per heavy atom. The number of anilines is 2. The Kier molecular flexibility index (Phi) is 6.72. The van der Waals surface area contributed by atoms with Gasteiger partial charge in [-0.05, 0) is 54.7 Å². The predicted molar refractivity (Wildman–Crippen MR) is 152 cm³/mol. The van der Waals surface area contributed by atoms with Crippen LogP contribution in [0.1, 0.15) is 62.4 Å². The highest BCUT2D eigenvalue weighted by Crippen LogP contribution is 2.33. The highest BCUT2D eigenvalue weighted by Gasteiger charge is 2.25. The molecule has 0 radical (unpaired) electrons. The first-order valence-corrected chi connectivity index (χ1v) is 13.7. The molecule has 5 heterocycles. The van der Waals surface area contributed by atoms with Gasteiger partial charge in [-0.2, -0.15) is 5.10 Å². The molecule has 0 aliphatic carbocycles. The SMILES string of the molecule is CC(=O)N1CCC(c2ccn(-c3ccc(CN4CNc5cnc(-c6cccnc6C(C)C)nc54)cc3)n2)CC1. The average Bonchev–Trinajstić information content (AvgIpc) is 3.61. The molecule has 1 fully saturated rings. The van der Waals surface area contributed by atoms with E-state index in [-0.39, 0.29) is 11.8 Å². The molecule has 9 nitrogen and oxygen atoms in total. The summed E-state index contributed by atoms with van der Waals surface area (Å²) in [6.07, 6.45) is 7.66. The summed E-state index contributed by atoms with van der Waals surface area (Å²) in [4.78, 5) is 29.9. The Balaban J connectivity index is 1.15. The molecule has 2 aliphatic heterocycles. The Morgan fingerprint density at radius 2 is 1.87 bits per heavy atom. The number of pyridine rings is 1. The first-order chi connectivity index (χ1) is 19.0. The zero-order valence-corrected chi connectivity index (χ0v) is 22.7. The molecule has 1 N–H and O–H groups in total. The van der Waals surface area contributed by atoms with E-state index in [2.05, 4.69) is 64.4 Å². The number of nitrogens with one attached hydrogen (secondary N) is 1. The topological polar surface area (TPSA) is 92.1 Å². The molecule has 1 amide bonds. The van der Waals surface area contributed by atoms with Gasteiger partial charge in [-0.15, -0.1) is 0 Å². The van der Waals surface area contributed by atoms with Crippen LogP contribution in [-0.2, 0) is 11.3 Å². The fourth-order valence-electron chi connectivity index (χ4n) is 5.49. The molecule has 0 saturated carbocycles. The Bertz CT molecular complexity index is 1470. The number of benzene rings is 1. The average molecular weight is 523 g/mol. The number of hydrogen-bond acceptors (Lipinski definition) is 7. The number of carbonyl (C=O) groups is 1. The minimum Gasteiger partial charge on any atom is -0.363 e. The fraction of sp³-hybridized carbons (Fsp3) is 0.367. The van der Waals surface area contributed by atoms with Gasteiger partial charge in [-0.3, -0.25) is 9.78 Å². The van der Waals surface area contributed by atoms with Gasteiger partial charge in [-0.25, -0.2) is 14.6 Å². The molecule has 200 valence electrons. The van der Waals surface area contributed by atoms with Crippen LogP contribution in [0.4, 0.5) is 11.5 Å². The number of likely N-dealkylation sites (tertiary alicyclic amines) is 1. The predicted octanol–water partition coefficient (Wildman–Crippen LogP) is 4.96. The summed E-state index contributed by atoms with van der Waals surface area (Å²) < 4.78 is 1.95. The van der Waals surface area contributed by atoms with Crippen LogP contribution in [0.25, 0.3) is 17.1 Å². The molecule has 1 aromatic carbocycles. The lowest BCUT2D eigenvalue weighted by atomic mass is 9.94. The molecule has 0 atom stereocenters. The molecule has 4 aromatic rings. The maximum atomic E-state index is 11.6. The largest absolute Gasteiger partial charge is 0.363 e. The van der Waals surface area contributed by atoms with Gasteiger partial charge < -0.3 is 15.1 Å². The maximum absolute atomic E-state index is 11.6. The highest BCUT2D eigenvalue weighted by molar-refractivity contribution is 5.74. The zero-order chi connectivity index (χ0) is 26.9. The Labute approximate surface area is 228 Å². The number of amides is 1. The lowest BCUT2D eigenvalue weighted by molar-refractivity contribution is -0.129. The van der Waals surface area contributed by atoms with E-state index in [1.807, 2.05) is 40.3 Å². The number of hydrogen-bond donors (Lipinski definition) is 1. The van der Waals surface area contributed by atoms with Crippen molar-refractivity contribution in [2.45, 2.75) is 52.0 Å². The molecule has 0 spiro atoms. The number of fused-ring (bicyclic) bond motifs is 1. The molecular weight excluding hydrogens is 488 g/mol. The molecule has 0 unspecified atom stereocenters. The molecular formula is C30H34N8O. The van der Waals surface area contributed by atoms with E-state index in [1.165, 1.54) is 5.56 Å². The van der Waals surface area contributed by atoms with Crippen molar-refractivity contribution in [1.29, 1.82) is 0 Å². The second kappa shape index (κ2) is 10.5. The number of aromatic nitrogens is 5. The first kappa shape index (κ1) is 25.0. The van der Waals surface area contributed by atoms with Gasteiger partial charge >= 0.3 is 0 Å². The minimum absolute atomic E-state index is 0.161. The summed E-state index contributed by atoms with van der Waals surface area (Å²) in [6, 6.07) is 14.6. The van der Waals surface area contributed by atoms with Crippen molar-refractivity contribution in [2.24, 2.45) is 0 Å². The maximum Gasteiger partial charge on any atom is 0.219 e. The number of carbonyl (C=O) groups excluding carboxylic acids is 1. The summed E-state index contributed by atoms with van der Waals surface area (Å²) in [5.41, 5.74) is 6.27. The van der Waals surface area contributed by atoms with E-state index in [0.29, 0.717) is 18.4 Å². The van der Waals surface area contributed by atoms with Gasteiger partial charge in [-0.1, -0.05) is 26.0 Å². The normalized spacial score (nSPS) is 15.5. The van der Waals surface area contributed by atoms with Crippen molar-refractivity contribution in [3.63, 3.8) is 0 Å². The van der Waals surface area contributed by atoms with Crippen LogP contribution >= 0.6 is 0 Å². The van der Waals surface area contributed by atoms with Crippen LogP contribution in [0.15, 0.2) is 61.1 Å². The first-order valence-electron chi connectivity index (χ1n) is 13.7. The van der Waals surface area contributed by atoms with E-state index < -0.39 is 0 Å². The quantitative estimate of drug-likeness (QED) is 0.383. The number of piperidine rings is 1. The summed E-state index contributed by atoms with van der Waals surface area (Å²) in [6.45, 7) is 8.96. The Morgan fingerprint density at radius 1 is 1.08 bits per heavy atom. The van der Waals surface area contributed by atoms with Crippen LogP contribution in [0, 0.1) is 0 Å². The van der Waals surface area contributed by atoms with Crippen molar-refractivity contribution in [1.82, 2.24) is 29.6 Å². The van der Waals surface area contributed by atoms with E-state index in [4.69, 9.17) is 10.1 Å². The van der Waals surface area contributed by atoms with Crippen molar-refractivity contribution in [3.05, 3.63) is 78.0 Å². The number of rotatable bonds is 6. The van der Waals surface area contributed by atoms with Gasteiger partial charge in [0.2, 0.25) is 5.91 Å². The van der Waals surface area contributed by atoms with Gasteiger partial charge in [0, 0.05) is 50.4 Å². The molecule has 1 saturated heterocycles. The lowest BCUT2D eigenvalue weighted by Crippen LogP contribution is -2.36. The van der Waals surface area contributed by atoms with Crippen molar-refractivity contribution in [2.75, 3.05) is 30.0 Å². The summed E-state index contributed by atoms with van der Waals surface area (Å²) in [5.74, 6) is 2.47. The second-order valence-electron chi connectivity index (χ2n) is 10.7. The van der Waals surface area contributed by atoms with Gasteiger partial charge in [0.25, 0.3) is 0 Å². The Hall–Kier alpha value is -4.27. The van der Waals surface area contributed by atoms with Gasteiger partial charge in [0.15, 0.2) is 11.6 Å². The molecule has 0 bridgehead atoms. The van der Waals surface area contributed by atoms with Crippen LogP contribution < -0.4 is 10.2 Å². The molecule has 2 aliphatic rings. The third-order valence-electron chi connectivity index (χ3n) is 7.70. The third-order valence-corrected chi connectivity index (χ3v) is 7.70. The van der Waals surface area contributed by atoms with Crippen LogP contribution in [0.3, 0.4) is 0 Å². The molecule has 3 aromatic heterocycles. The summed E-state index contributed by atoms with van der Waals surface area (Å²) >= 11 is 0. The highest BCUT2D eigenvalue weighted by atomic mass is 16.2. The van der Waals surface area contributed by atoms with Crippen molar-refractivity contribution < 1.29 is 4.79 Å². The summed E-state index contributed by atoms with van der Waals surface area (Å²) in [5, 5.41) is 8.28. The van der Waals surface area contributed by atoms with E-state index >= 15 is 0 Å². The van der Waals surface area contributed by atoms with Gasteiger partial charge in [0.1, 0.15) is 0 Å². The smallest absolute Gasteiger partial charge is 0.219 e. The van der Waals surface area contributed by atoms with E-state index in [0.717, 1.165) is 66.6 Å². The van der Waals surface area contributed by atoms with Crippen LogP contribution in [0.2, 0.25) is 0 Å². The zero-order valence-electron chi connectivity index (χ0n) is 22.7. The van der Waals surface area contributed by atoms with Gasteiger partial charge in [0.05, 0.1) is 35.6 Å². The van der Waals surface area contributed by atoms with E-state index in [1.54, 1.807) is 6.92 Å². The van der Waals surface area contributed by atoms with Crippen molar-refractivity contribution in [3.8, 4) is 17.1 Å². The van der Waals surface area contributed by atoms with Crippen LogP contribution in [-0.4, -0.2) is 55.3 Å². The molecule has 39 heavy (non-hydrogen) atoms. The lowest BCUT2D eigenvalue weighted by Gasteiger charge is -2.30. The third kappa shape index (κ3) is 5.08. The molecule has 6 rings (SSSR count). The standard InChI is InChI=1S/C30H34N8O/c1-20(2)28-25(5-4-13-31-28)29-32-17-27-30(34-29)37(19-33-27)18-22-6-8-24(9-7-22)38-16-12-26(35-38)23-10-14-36(15-11-23)21(3)39/h4-9,12-13,16-17,20,23,33H,10-11,14-15,18-19H2,1-3H3. The second-order valence-corrected chi connectivity index (χ2v) is 10.7. The number of nitrogens with zero attached hydrogens (tertiary/aromatic N) is 7. The van der Waals surface area contributed by atoms with Crippen LogP contribution in [0.5, 0.6) is 0 Å². The monoisotopic (exact) mass is 522 g/mol. The van der Waals surface area contributed by atoms with E-state index in [9.17, 15) is 4.79 Å².